The minimum absolute atomic E-state index is 0.393. The molecule has 0 saturated carbocycles. The van der Waals surface area contributed by atoms with Gasteiger partial charge in [0.15, 0.2) is 11.5 Å². The van der Waals surface area contributed by atoms with E-state index >= 15 is 0 Å². The number of hydrogen-bond acceptors (Lipinski definition) is 6. The molecular weight excluding hydrogens is 424 g/mol. The van der Waals surface area contributed by atoms with Gasteiger partial charge in [0.05, 0.1) is 10.7 Å². The van der Waals surface area contributed by atoms with Crippen LogP contribution in [0.3, 0.4) is 0 Å². The SMILES string of the molecule is CC.CC(C)N1CCCCCC1.Cc1noc(-c2nn3c(c2Cl)CN(C(C)C)CCC3)n1. The Morgan fingerprint density at radius 1 is 0.844 bits per heavy atom. The quantitative estimate of drug-likeness (QED) is 0.569. The van der Waals surface area contributed by atoms with Gasteiger partial charge in [-0.25, -0.2) is 0 Å². The fourth-order valence-electron chi connectivity index (χ4n) is 4.09. The molecule has 0 radical (unpaired) electrons. The van der Waals surface area contributed by atoms with Crippen molar-refractivity contribution in [1.82, 2.24) is 29.7 Å². The van der Waals surface area contributed by atoms with Crippen LogP contribution in [0, 0.1) is 6.92 Å². The predicted octanol–water partition coefficient (Wildman–Crippen LogP) is 5.81. The first-order valence-corrected chi connectivity index (χ1v) is 12.8. The molecule has 0 amide bonds. The molecule has 0 aromatic carbocycles. The number of rotatable bonds is 3. The molecule has 7 nitrogen and oxygen atoms in total. The fraction of sp³-hybridized carbons (Fsp3) is 0.792. The molecule has 0 aliphatic carbocycles. The second-order valence-corrected chi connectivity index (χ2v) is 9.32. The van der Waals surface area contributed by atoms with Gasteiger partial charge in [-0.3, -0.25) is 9.58 Å². The van der Waals surface area contributed by atoms with Gasteiger partial charge in [-0.05, 0) is 67.0 Å². The molecule has 32 heavy (non-hydrogen) atoms. The van der Waals surface area contributed by atoms with E-state index in [0.717, 1.165) is 37.8 Å². The zero-order valence-corrected chi connectivity index (χ0v) is 22.0. The molecule has 1 fully saturated rings. The number of halogens is 1. The summed E-state index contributed by atoms with van der Waals surface area (Å²) in [5.41, 5.74) is 1.62. The number of nitrogens with zero attached hydrogens (tertiary/aromatic N) is 6. The Morgan fingerprint density at radius 2 is 1.44 bits per heavy atom. The van der Waals surface area contributed by atoms with E-state index in [4.69, 9.17) is 16.1 Å². The number of aromatic nitrogens is 4. The largest absolute Gasteiger partial charge is 0.332 e. The lowest BCUT2D eigenvalue weighted by Crippen LogP contribution is -2.31. The Kier molecular flexibility index (Phi) is 11.2. The third-order valence-electron chi connectivity index (χ3n) is 5.99. The monoisotopic (exact) mass is 466 g/mol. The summed E-state index contributed by atoms with van der Waals surface area (Å²) in [4.78, 5) is 9.20. The third-order valence-corrected chi connectivity index (χ3v) is 6.39. The molecule has 4 rings (SSSR count). The maximum absolute atomic E-state index is 6.49. The minimum Gasteiger partial charge on any atom is -0.332 e. The molecule has 4 heterocycles. The first kappa shape index (κ1) is 26.8. The second kappa shape index (κ2) is 13.3. The summed E-state index contributed by atoms with van der Waals surface area (Å²) < 4.78 is 7.15. The first-order chi connectivity index (χ1) is 15.4. The van der Waals surface area contributed by atoms with Crippen LogP contribution >= 0.6 is 11.6 Å². The molecule has 2 aliphatic heterocycles. The lowest BCUT2D eigenvalue weighted by molar-refractivity contribution is 0.216. The maximum Gasteiger partial charge on any atom is 0.279 e. The van der Waals surface area contributed by atoms with Crippen LogP contribution in [0.15, 0.2) is 4.52 Å². The van der Waals surface area contributed by atoms with E-state index in [1.807, 2.05) is 18.5 Å². The van der Waals surface area contributed by atoms with Crippen molar-refractivity contribution in [2.45, 2.75) is 106 Å². The summed E-state index contributed by atoms with van der Waals surface area (Å²) in [6, 6.07) is 1.25. The van der Waals surface area contributed by atoms with Crippen molar-refractivity contribution >= 4 is 11.6 Å². The van der Waals surface area contributed by atoms with Gasteiger partial charge >= 0.3 is 0 Å². The number of aryl methyl sites for hydroxylation is 2. The van der Waals surface area contributed by atoms with Crippen molar-refractivity contribution in [3.8, 4) is 11.6 Å². The molecule has 2 aromatic heterocycles. The fourth-order valence-corrected chi connectivity index (χ4v) is 4.36. The van der Waals surface area contributed by atoms with Gasteiger partial charge in [-0.1, -0.05) is 43.4 Å². The second-order valence-electron chi connectivity index (χ2n) is 8.94. The molecule has 182 valence electrons. The van der Waals surface area contributed by atoms with Gasteiger partial charge in [0.1, 0.15) is 0 Å². The normalized spacial score (nSPS) is 17.7. The van der Waals surface area contributed by atoms with Gasteiger partial charge < -0.3 is 9.42 Å². The predicted molar refractivity (Wildman–Crippen MR) is 132 cm³/mol. The molecule has 0 atom stereocenters. The van der Waals surface area contributed by atoms with Crippen molar-refractivity contribution in [2.75, 3.05) is 19.6 Å². The summed E-state index contributed by atoms with van der Waals surface area (Å²) in [7, 11) is 0. The molecule has 0 spiro atoms. The molecule has 0 unspecified atom stereocenters. The molecule has 1 saturated heterocycles. The van der Waals surface area contributed by atoms with Crippen LogP contribution in [0.4, 0.5) is 0 Å². The Morgan fingerprint density at radius 3 is 1.97 bits per heavy atom. The highest BCUT2D eigenvalue weighted by Crippen LogP contribution is 2.31. The highest BCUT2D eigenvalue weighted by atomic mass is 35.5. The van der Waals surface area contributed by atoms with E-state index in [1.165, 1.54) is 38.8 Å². The number of fused-ring (bicyclic) bond motifs is 1. The van der Waals surface area contributed by atoms with Crippen LogP contribution in [0.1, 0.15) is 85.2 Å². The maximum atomic E-state index is 6.49. The summed E-state index contributed by atoms with van der Waals surface area (Å²) in [5.74, 6) is 0.979. The van der Waals surface area contributed by atoms with Crippen molar-refractivity contribution < 1.29 is 4.52 Å². The molecule has 2 aliphatic rings. The topological polar surface area (TPSA) is 63.2 Å². The summed E-state index contributed by atoms with van der Waals surface area (Å²) >= 11 is 6.49. The van der Waals surface area contributed by atoms with Gasteiger partial charge in [0.25, 0.3) is 5.89 Å². The number of hydrogen-bond donors (Lipinski definition) is 0. The molecule has 8 heteroatoms. The van der Waals surface area contributed by atoms with E-state index in [0.29, 0.717) is 28.5 Å². The lowest BCUT2D eigenvalue weighted by atomic mass is 10.2. The van der Waals surface area contributed by atoms with Crippen molar-refractivity contribution in [1.29, 1.82) is 0 Å². The molecule has 0 bridgehead atoms. The van der Waals surface area contributed by atoms with Crippen LogP contribution in [0.25, 0.3) is 11.6 Å². The van der Waals surface area contributed by atoms with E-state index in [1.54, 1.807) is 6.92 Å². The van der Waals surface area contributed by atoms with E-state index in [2.05, 4.69) is 52.7 Å². The van der Waals surface area contributed by atoms with E-state index in [9.17, 15) is 0 Å². The zero-order chi connectivity index (χ0) is 23.7. The van der Waals surface area contributed by atoms with Crippen LogP contribution in [-0.4, -0.2) is 61.4 Å². The Bertz CT molecular complexity index is 793. The van der Waals surface area contributed by atoms with E-state index < -0.39 is 0 Å². The van der Waals surface area contributed by atoms with Gasteiger partial charge in [-0.15, -0.1) is 0 Å². The van der Waals surface area contributed by atoms with Gasteiger partial charge in [0, 0.05) is 31.7 Å². The Balaban J connectivity index is 0.000000255. The smallest absolute Gasteiger partial charge is 0.279 e. The summed E-state index contributed by atoms with van der Waals surface area (Å²) in [6.45, 7) is 20.2. The standard InChI is InChI=1S/C13H18ClN5O.C9H19N.C2H6/c1-8(2)18-5-4-6-19-10(7-18)11(14)12(16-19)13-15-9(3)17-20-13;1-9(2)10-7-5-3-4-6-8-10;1-2/h8H,4-7H2,1-3H3;9H,3-8H2,1-2H3;1-2H3. The third kappa shape index (κ3) is 7.29. The Hall–Kier alpha value is -1.44. The Labute approximate surface area is 199 Å². The van der Waals surface area contributed by atoms with Crippen molar-refractivity contribution in [3.63, 3.8) is 0 Å². The molecular formula is C24H43ClN6O. The molecule has 2 aromatic rings. The first-order valence-electron chi connectivity index (χ1n) is 12.4. The minimum atomic E-state index is 0.393. The van der Waals surface area contributed by atoms with Gasteiger partial charge in [0.2, 0.25) is 0 Å². The lowest BCUT2D eigenvalue weighted by Gasteiger charge is -2.23. The van der Waals surface area contributed by atoms with Crippen molar-refractivity contribution in [2.24, 2.45) is 0 Å². The highest BCUT2D eigenvalue weighted by Gasteiger charge is 2.25. The molecule has 0 N–H and O–H groups in total. The average molecular weight is 467 g/mol. The van der Waals surface area contributed by atoms with Gasteiger partial charge in [-0.2, -0.15) is 10.1 Å². The summed E-state index contributed by atoms with van der Waals surface area (Å²) in [5, 5.41) is 8.97. The van der Waals surface area contributed by atoms with Crippen LogP contribution in [-0.2, 0) is 13.1 Å². The van der Waals surface area contributed by atoms with Crippen molar-refractivity contribution in [3.05, 3.63) is 16.5 Å². The van der Waals surface area contributed by atoms with Crippen LogP contribution < -0.4 is 0 Å². The average Bonchev–Trinajstić information content (AvgIpc) is 3.12. The summed E-state index contributed by atoms with van der Waals surface area (Å²) in [6.07, 6.45) is 6.79. The number of likely N-dealkylation sites (tertiary alicyclic amines) is 1. The van der Waals surface area contributed by atoms with Crippen LogP contribution in [0.2, 0.25) is 5.02 Å². The van der Waals surface area contributed by atoms with Crippen LogP contribution in [0.5, 0.6) is 0 Å². The highest BCUT2D eigenvalue weighted by molar-refractivity contribution is 6.33. The van der Waals surface area contributed by atoms with E-state index in [-0.39, 0.29) is 0 Å². The zero-order valence-electron chi connectivity index (χ0n) is 21.2.